The predicted octanol–water partition coefficient (Wildman–Crippen LogP) is 0.461. The highest BCUT2D eigenvalue weighted by atomic mass is 16.8. The quantitative estimate of drug-likeness (QED) is 0.327. The van der Waals surface area contributed by atoms with Crippen molar-refractivity contribution in [1.82, 2.24) is 4.90 Å². The summed E-state index contributed by atoms with van der Waals surface area (Å²) >= 11 is 0. The maximum Gasteiger partial charge on any atom is 0.534 e. The van der Waals surface area contributed by atoms with Gasteiger partial charge in [-0.1, -0.05) is 5.16 Å². The minimum atomic E-state index is -0.767. The Morgan fingerprint density at radius 1 is 1.67 bits per heavy atom. The molecule has 0 spiro atoms. The first-order chi connectivity index (χ1) is 5.72. The number of hydrogen-bond donors (Lipinski definition) is 0. The van der Waals surface area contributed by atoms with Crippen LogP contribution in [-0.2, 0) is 9.57 Å². The van der Waals surface area contributed by atoms with Crippen LogP contribution in [0.4, 0.5) is 4.79 Å². The van der Waals surface area contributed by atoms with Crippen LogP contribution in [0.3, 0.4) is 0 Å². The number of carbonyl (C=O) groups excluding carboxylic acids is 1. The second-order valence-electron chi connectivity index (χ2n) is 2.69. The summed E-state index contributed by atoms with van der Waals surface area (Å²) in [4.78, 5) is 17.0. The Balaban J connectivity index is 2.33. The average molecular weight is 172 g/mol. The van der Waals surface area contributed by atoms with Crippen molar-refractivity contribution in [2.24, 2.45) is 5.16 Å². The average Bonchev–Trinajstić information content (AvgIpc) is 2.47. The van der Waals surface area contributed by atoms with Gasteiger partial charge in [-0.15, -0.1) is 0 Å². The number of likely N-dealkylation sites (tertiary alicyclic amines) is 1. The molecule has 0 N–H and O–H groups in total. The molecule has 0 aromatic heterocycles. The third-order valence-electron chi connectivity index (χ3n) is 1.65. The van der Waals surface area contributed by atoms with Gasteiger partial charge in [0.1, 0.15) is 0 Å². The maximum atomic E-state index is 10.5. The van der Waals surface area contributed by atoms with Gasteiger partial charge in [0.25, 0.3) is 0 Å². The van der Waals surface area contributed by atoms with Crippen LogP contribution in [0.25, 0.3) is 0 Å². The van der Waals surface area contributed by atoms with Gasteiger partial charge < -0.3 is 9.64 Å². The summed E-state index contributed by atoms with van der Waals surface area (Å²) in [6.07, 6.45) is 0.0880. The Labute approximate surface area is 70.9 Å². The molecular formula is C7H12N2O3. The Morgan fingerprint density at radius 2 is 2.42 bits per heavy atom. The molecule has 5 nitrogen and oxygen atoms in total. The van der Waals surface area contributed by atoms with Crippen LogP contribution in [0, 0.1) is 0 Å². The lowest BCUT2D eigenvalue weighted by Crippen LogP contribution is -2.14. The zero-order valence-electron chi connectivity index (χ0n) is 7.24. The number of nitrogens with zero attached hydrogens (tertiary/aromatic N) is 2. The molecule has 1 rings (SSSR count). The Hall–Kier alpha value is -1.10. The summed E-state index contributed by atoms with van der Waals surface area (Å²) in [5, 5.41) is 3.64. The van der Waals surface area contributed by atoms with E-state index >= 15 is 0 Å². The second kappa shape index (κ2) is 4.06. The largest absolute Gasteiger partial charge is 0.534 e. The van der Waals surface area contributed by atoms with E-state index in [-0.39, 0.29) is 0 Å². The lowest BCUT2D eigenvalue weighted by Gasteiger charge is -2.01. The van der Waals surface area contributed by atoms with Crippen molar-refractivity contribution in [2.75, 3.05) is 27.2 Å². The van der Waals surface area contributed by atoms with Crippen molar-refractivity contribution in [2.45, 2.75) is 6.42 Å². The first kappa shape index (κ1) is 8.99. The van der Waals surface area contributed by atoms with E-state index < -0.39 is 6.16 Å². The summed E-state index contributed by atoms with van der Waals surface area (Å²) in [6, 6.07) is 0. The van der Waals surface area contributed by atoms with Crippen LogP contribution in [0.2, 0.25) is 0 Å². The Morgan fingerprint density at radius 3 is 2.92 bits per heavy atom. The van der Waals surface area contributed by atoms with Crippen molar-refractivity contribution >= 4 is 11.9 Å². The molecule has 0 radical (unpaired) electrons. The zero-order valence-corrected chi connectivity index (χ0v) is 7.24. The van der Waals surface area contributed by atoms with Gasteiger partial charge in [-0.3, -0.25) is 4.84 Å². The second-order valence-corrected chi connectivity index (χ2v) is 2.69. The van der Waals surface area contributed by atoms with E-state index in [9.17, 15) is 4.79 Å². The molecule has 0 aromatic carbocycles. The SMILES string of the molecule is COC(=O)O/N=C1\CCN(C)C1. The summed E-state index contributed by atoms with van der Waals surface area (Å²) < 4.78 is 4.26. The summed E-state index contributed by atoms with van der Waals surface area (Å²) in [5.41, 5.74) is 0.878. The van der Waals surface area contributed by atoms with Crippen molar-refractivity contribution in [3.05, 3.63) is 0 Å². The van der Waals surface area contributed by atoms with E-state index in [1.54, 1.807) is 0 Å². The normalized spacial score (nSPS) is 21.3. The van der Waals surface area contributed by atoms with E-state index in [0.717, 1.165) is 25.2 Å². The van der Waals surface area contributed by atoms with Crippen LogP contribution in [0.1, 0.15) is 6.42 Å². The lowest BCUT2D eigenvalue weighted by atomic mass is 10.3. The number of carbonyl (C=O) groups is 1. The molecule has 1 heterocycles. The summed E-state index contributed by atoms with van der Waals surface area (Å²) in [6.45, 7) is 1.72. The maximum absolute atomic E-state index is 10.5. The fourth-order valence-electron chi connectivity index (χ4n) is 1.00. The molecule has 0 bridgehead atoms. The van der Waals surface area contributed by atoms with Crippen molar-refractivity contribution in [1.29, 1.82) is 0 Å². The van der Waals surface area contributed by atoms with Gasteiger partial charge in [-0.2, -0.15) is 0 Å². The Bertz CT molecular complexity index is 203. The smallest absolute Gasteiger partial charge is 0.436 e. The van der Waals surface area contributed by atoms with E-state index in [2.05, 4.69) is 19.6 Å². The van der Waals surface area contributed by atoms with Gasteiger partial charge in [0.05, 0.1) is 12.8 Å². The molecule has 5 heteroatoms. The molecular weight excluding hydrogens is 160 g/mol. The van der Waals surface area contributed by atoms with E-state index in [1.807, 2.05) is 7.05 Å². The highest BCUT2D eigenvalue weighted by Crippen LogP contribution is 2.03. The highest BCUT2D eigenvalue weighted by molar-refractivity contribution is 5.88. The molecule has 1 saturated heterocycles. The third-order valence-corrected chi connectivity index (χ3v) is 1.65. The first-order valence-electron chi connectivity index (χ1n) is 3.71. The fraction of sp³-hybridized carbons (Fsp3) is 0.714. The number of rotatable bonds is 1. The zero-order chi connectivity index (χ0) is 8.97. The fourth-order valence-corrected chi connectivity index (χ4v) is 1.00. The van der Waals surface area contributed by atoms with Crippen molar-refractivity contribution in [3.63, 3.8) is 0 Å². The van der Waals surface area contributed by atoms with Crippen LogP contribution >= 0.6 is 0 Å². The number of methoxy groups -OCH3 is 1. The molecule has 12 heavy (non-hydrogen) atoms. The highest BCUT2D eigenvalue weighted by Gasteiger charge is 2.14. The minimum Gasteiger partial charge on any atom is -0.436 e. The van der Waals surface area contributed by atoms with Crippen LogP contribution in [-0.4, -0.2) is 44.0 Å². The molecule has 0 aliphatic carbocycles. The standard InChI is InChI=1S/C7H12N2O3/c1-9-4-3-6(5-9)8-12-7(10)11-2/h3-5H2,1-2H3/b8-6+. The molecule has 0 unspecified atom stereocenters. The first-order valence-corrected chi connectivity index (χ1v) is 3.71. The van der Waals surface area contributed by atoms with Gasteiger partial charge in [0.15, 0.2) is 0 Å². The number of hydrogen-bond acceptors (Lipinski definition) is 5. The van der Waals surface area contributed by atoms with Crippen LogP contribution in [0.5, 0.6) is 0 Å². The van der Waals surface area contributed by atoms with E-state index in [0.29, 0.717) is 0 Å². The summed E-state index contributed by atoms with van der Waals surface area (Å²) in [7, 11) is 3.24. The monoisotopic (exact) mass is 172 g/mol. The predicted molar refractivity (Wildman–Crippen MR) is 43.0 cm³/mol. The number of ether oxygens (including phenoxy) is 1. The summed E-state index contributed by atoms with van der Waals surface area (Å²) in [5.74, 6) is 0. The van der Waals surface area contributed by atoms with Gasteiger partial charge in [-0.05, 0) is 7.05 Å². The Kier molecular flexibility index (Phi) is 3.04. The van der Waals surface area contributed by atoms with Crippen LogP contribution < -0.4 is 0 Å². The number of oxime groups is 1. The molecule has 1 aliphatic rings. The lowest BCUT2D eigenvalue weighted by molar-refractivity contribution is 0.0751. The van der Waals surface area contributed by atoms with Crippen LogP contribution in [0.15, 0.2) is 5.16 Å². The molecule has 0 aromatic rings. The molecule has 1 aliphatic heterocycles. The molecule has 0 amide bonds. The molecule has 0 atom stereocenters. The van der Waals surface area contributed by atoms with Gasteiger partial charge in [0.2, 0.25) is 0 Å². The van der Waals surface area contributed by atoms with Gasteiger partial charge >= 0.3 is 6.16 Å². The van der Waals surface area contributed by atoms with Crippen molar-refractivity contribution in [3.8, 4) is 0 Å². The van der Waals surface area contributed by atoms with Gasteiger partial charge in [-0.25, -0.2) is 4.79 Å². The molecule has 0 saturated carbocycles. The van der Waals surface area contributed by atoms with E-state index in [1.165, 1.54) is 7.11 Å². The molecule has 68 valence electrons. The van der Waals surface area contributed by atoms with E-state index in [4.69, 9.17) is 0 Å². The van der Waals surface area contributed by atoms with Crippen molar-refractivity contribution < 1.29 is 14.4 Å². The minimum absolute atomic E-state index is 0.761. The topological polar surface area (TPSA) is 51.1 Å². The molecule has 1 fully saturated rings. The van der Waals surface area contributed by atoms with Gasteiger partial charge in [0, 0.05) is 19.5 Å². The third kappa shape index (κ3) is 2.50.